The van der Waals surface area contributed by atoms with Crippen molar-refractivity contribution in [2.75, 3.05) is 5.75 Å². The van der Waals surface area contributed by atoms with E-state index in [0.717, 1.165) is 10.4 Å². The number of rotatable bonds is 9. The molecule has 1 aliphatic rings. The zero-order valence-corrected chi connectivity index (χ0v) is 17.8. The number of hydrogen-bond acceptors (Lipinski definition) is 6. The standard InChI is InChI=1S/C20H23FN4O3S2/c21-14-5-3-13(4-6-14)10-22-19(28)12-30-20-24-15(9-18(27)25-20)8-17(26)23-11-16-2-1-7-29-16/h1-7,15,20,24H,8-12H2,(H,22,28)(H,23,26)(H,25,27). The van der Waals surface area contributed by atoms with Crippen LogP contribution in [0.25, 0.3) is 0 Å². The van der Waals surface area contributed by atoms with Gasteiger partial charge in [0.25, 0.3) is 0 Å². The van der Waals surface area contributed by atoms with E-state index >= 15 is 0 Å². The SMILES string of the molecule is O=C(CSC1NC(=O)CC(CC(=O)NCc2cccs2)N1)NCc1ccc(F)cc1. The Hall–Kier alpha value is -2.43. The maximum absolute atomic E-state index is 12.9. The van der Waals surface area contributed by atoms with E-state index in [9.17, 15) is 18.8 Å². The van der Waals surface area contributed by atoms with Crippen molar-refractivity contribution in [2.45, 2.75) is 37.5 Å². The van der Waals surface area contributed by atoms with E-state index in [2.05, 4.69) is 21.3 Å². The maximum atomic E-state index is 12.9. The minimum Gasteiger partial charge on any atom is -0.351 e. The molecule has 0 radical (unpaired) electrons. The number of halogens is 1. The third-order valence-electron chi connectivity index (χ3n) is 4.37. The molecule has 0 bridgehead atoms. The molecular weight excluding hydrogens is 427 g/mol. The van der Waals surface area contributed by atoms with Crippen molar-refractivity contribution < 1.29 is 18.8 Å². The van der Waals surface area contributed by atoms with Crippen molar-refractivity contribution in [1.82, 2.24) is 21.3 Å². The molecule has 10 heteroatoms. The average Bonchev–Trinajstić information content (AvgIpc) is 3.24. The monoisotopic (exact) mass is 450 g/mol. The Morgan fingerprint density at radius 2 is 1.90 bits per heavy atom. The van der Waals surface area contributed by atoms with E-state index in [0.29, 0.717) is 13.1 Å². The second-order valence-electron chi connectivity index (χ2n) is 6.79. The molecule has 1 fully saturated rings. The molecule has 1 aromatic carbocycles. The molecule has 3 amide bonds. The zero-order valence-electron chi connectivity index (χ0n) is 16.2. The van der Waals surface area contributed by atoms with Crippen LogP contribution in [0.4, 0.5) is 4.39 Å². The van der Waals surface area contributed by atoms with E-state index in [1.807, 2.05) is 17.5 Å². The van der Waals surface area contributed by atoms with Crippen LogP contribution in [0, 0.1) is 5.82 Å². The molecule has 2 unspecified atom stereocenters. The molecule has 2 aromatic rings. The quantitative estimate of drug-likeness (QED) is 0.466. The van der Waals surface area contributed by atoms with Gasteiger partial charge in [0.1, 0.15) is 11.3 Å². The lowest BCUT2D eigenvalue weighted by Gasteiger charge is -2.30. The molecule has 3 rings (SSSR count). The van der Waals surface area contributed by atoms with Gasteiger partial charge in [0.05, 0.1) is 12.3 Å². The molecule has 7 nitrogen and oxygen atoms in total. The molecule has 1 aliphatic heterocycles. The number of thiophene rings is 1. The summed E-state index contributed by atoms with van der Waals surface area (Å²) in [6.45, 7) is 0.777. The number of benzene rings is 1. The Morgan fingerprint density at radius 3 is 2.63 bits per heavy atom. The average molecular weight is 451 g/mol. The Bertz CT molecular complexity index is 861. The number of thioether (sulfide) groups is 1. The van der Waals surface area contributed by atoms with Crippen LogP contribution in [0.15, 0.2) is 41.8 Å². The van der Waals surface area contributed by atoms with Gasteiger partial charge >= 0.3 is 0 Å². The minimum absolute atomic E-state index is 0.128. The van der Waals surface area contributed by atoms with E-state index in [4.69, 9.17) is 0 Å². The predicted octanol–water partition coefficient (Wildman–Crippen LogP) is 1.70. The molecular formula is C20H23FN4O3S2. The summed E-state index contributed by atoms with van der Waals surface area (Å²) in [6, 6.07) is 9.49. The van der Waals surface area contributed by atoms with Crippen LogP contribution < -0.4 is 21.3 Å². The van der Waals surface area contributed by atoms with Crippen LogP contribution in [-0.2, 0) is 27.5 Å². The van der Waals surface area contributed by atoms with Crippen LogP contribution >= 0.6 is 23.1 Å². The van der Waals surface area contributed by atoms with Gasteiger partial charge < -0.3 is 16.0 Å². The van der Waals surface area contributed by atoms with Gasteiger partial charge in [0.15, 0.2) is 0 Å². The normalized spacial score (nSPS) is 18.5. The van der Waals surface area contributed by atoms with Gasteiger partial charge in [-0.15, -0.1) is 23.1 Å². The first-order valence-electron chi connectivity index (χ1n) is 9.45. The lowest BCUT2D eigenvalue weighted by molar-refractivity contribution is -0.125. The van der Waals surface area contributed by atoms with Crippen LogP contribution in [0.2, 0.25) is 0 Å². The third kappa shape index (κ3) is 7.43. The molecule has 2 heterocycles. The zero-order chi connectivity index (χ0) is 21.3. The number of carbonyl (C=O) groups is 3. The summed E-state index contributed by atoms with van der Waals surface area (Å²) in [5, 5.41) is 13.5. The molecule has 1 aromatic heterocycles. The van der Waals surface area contributed by atoms with Gasteiger partial charge in [0.2, 0.25) is 17.7 Å². The number of nitrogens with one attached hydrogen (secondary N) is 4. The van der Waals surface area contributed by atoms with Gasteiger partial charge in [-0.25, -0.2) is 4.39 Å². The Labute approximate surface area is 182 Å². The van der Waals surface area contributed by atoms with Crippen molar-refractivity contribution in [1.29, 1.82) is 0 Å². The molecule has 0 saturated carbocycles. The largest absolute Gasteiger partial charge is 0.351 e. The fraction of sp³-hybridized carbons (Fsp3) is 0.350. The highest BCUT2D eigenvalue weighted by Gasteiger charge is 2.28. The van der Waals surface area contributed by atoms with Crippen LogP contribution in [-0.4, -0.2) is 35.0 Å². The van der Waals surface area contributed by atoms with Crippen molar-refractivity contribution >= 4 is 40.8 Å². The Kier molecular flexibility index (Phi) is 8.23. The number of amides is 3. The minimum atomic E-state index is -0.446. The van der Waals surface area contributed by atoms with Crippen molar-refractivity contribution in [3.63, 3.8) is 0 Å². The highest BCUT2D eigenvalue weighted by Crippen LogP contribution is 2.14. The lowest BCUT2D eigenvalue weighted by atomic mass is 10.1. The Balaban J connectivity index is 1.37. The number of carbonyl (C=O) groups excluding carboxylic acids is 3. The fourth-order valence-electron chi connectivity index (χ4n) is 2.87. The van der Waals surface area contributed by atoms with E-state index in [-0.39, 0.29) is 48.2 Å². The van der Waals surface area contributed by atoms with Gasteiger partial charge in [-0.05, 0) is 29.1 Å². The highest BCUT2D eigenvalue weighted by atomic mass is 32.2. The second kappa shape index (κ2) is 11.1. The lowest BCUT2D eigenvalue weighted by Crippen LogP contribution is -2.56. The van der Waals surface area contributed by atoms with Gasteiger partial charge in [-0.3, -0.25) is 19.7 Å². The van der Waals surface area contributed by atoms with Gasteiger partial charge in [-0.1, -0.05) is 18.2 Å². The van der Waals surface area contributed by atoms with Gasteiger partial charge in [0, 0.05) is 30.3 Å². The predicted molar refractivity (Wildman–Crippen MR) is 115 cm³/mol. The van der Waals surface area contributed by atoms with Crippen molar-refractivity contribution in [3.8, 4) is 0 Å². The fourth-order valence-corrected chi connectivity index (χ4v) is 4.44. The summed E-state index contributed by atoms with van der Waals surface area (Å²) in [7, 11) is 0. The first kappa shape index (κ1) is 22.3. The molecule has 160 valence electrons. The topological polar surface area (TPSA) is 99.3 Å². The van der Waals surface area contributed by atoms with Gasteiger partial charge in [-0.2, -0.15) is 0 Å². The van der Waals surface area contributed by atoms with Crippen LogP contribution in [0.5, 0.6) is 0 Å². The molecule has 0 aliphatic carbocycles. The van der Waals surface area contributed by atoms with E-state index in [1.165, 1.54) is 23.9 Å². The van der Waals surface area contributed by atoms with Crippen molar-refractivity contribution in [3.05, 3.63) is 58.0 Å². The van der Waals surface area contributed by atoms with E-state index < -0.39 is 5.50 Å². The molecule has 30 heavy (non-hydrogen) atoms. The second-order valence-corrected chi connectivity index (χ2v) is 8.92. The van der Waals surface area contributed by atoms with E-state index in [1.54, 1.807) is 23.5 Å². The maximum Gasteiger partial charge on any atom is 0.230 e. The highest BCUT2D eigenvalue weighted by molar-refractivity contribution is 8.00. The van der Waals surface area contributed by atoms with Crippen molar-refractivity contribution in [2.24, 2.45) is 0 Å². The summed E-state index contributed by atoms with van der Waals surface area (Å²) in [5.74, 6) is -0.674. The summed E-state index contributed by atoms with van der Waals surface area (Å²) >= 11 is 2.82. The molecule has 2 atom stereocenters. The first-order valence-corrected chi connectivity index (χ1v) is 11.4. The van der Waals surface area contributed by atoms with Crippen LogP contribution in [0.3, 0.4) is 0 Å². The summed E-state index contributed by atoms with van der Waals surface area (Å²) in [4.78, 5) is 37.2. The summed E-state index contributed by atoms with van der Waals surface area (Å²) in [6.07, 6.45) is 0.396. The molecule has 1 saturated heterocycles. The molecule has 4 N–H and O–H groups in total. The Morgan fingerprint density at radius 1 is 1.13 bits per heavy atom. The van der Waals surface area contributed by atoms with Crippen LogP contribution in [0.1, 0.15) is 23.3 Å². The third-order valence-corrected chi connectivity index (χ3v) is 6.26. The summed E-state index contributed by atoms with van der Waals surface area (Å²) in [5.41, 5.74) is 0.352. The molecule has 0 spiro atoms. The first-order chi connectivity index (χ1) is 14.5. The number of hydrogen-bond donors (Lipinski definition) is 4. The summed E-state index contributed by atoms with van der Waals surface area (Å²) < 4.78 is 12.9. The smallest absolute Gasteiger partial charge is 0.230 e.